The zero-order chi connectivity index (χ0) is 29.8. The highest BCUT2D eigenvalue weighted by atomic mass is 19.1. The molecule has 1 unspecified atom stereocenters. The van der Waals surface area contributed by atoms with Gasteiger partial charge < -0.3 is 24.9 Å². The van der Waals surface area contributed by atoms with Gasteiger partial charge >= 0.3 is 0 Å². The molecule has 2 saturated heterocycles. The van der Waals surface area contributed by atoms with E-state index in [0.29, 0.717) is 49.4 Å². The molecular weight excluding hydrogens is 545 g/mol. The van der Waals surface area contributed by atoms with Crippen molar-refractivity contribution < 1.29 is 14.0 Å². The minimum absolute atomic E-state index is 0.00659. The number of anilines is 3. The Morgan fingerprint density at radius 1 is 1.12 bits per heavy atom. The molecule has 2 amide bonds. The highest BCUT2D eigenvalue weighted by Gasteiger charge is 2.50. The van der Waals surface area contributed by atoms with Gasteiger partial charge in [-0.25, -0.2) is 14.4 Å². The summed E-state index contributed by atoms with van der Waals surface area (Å²) in [6.45, 7) is 9.13. The van der Waals surface area contributed by atoms with E-state index in [2.05, 4.69) is 20.1 Å². The number of carbonyl (C=O) groups excluding carboxylic acids is 2. The fourth-order valence-electron chi connectivity index (χ4n) is 8.30. The Balaban J connectivity index is 1.07. The lowest BCUT2D eigenvalue weighted by atomic mass is 9.90. The van der Waals surface area contributed by atoms with E-state index in [-0.39, 0.29) is 29.9 Å². The summed E-state index contributed by atoms with van der Waals surface area (Å²) in [6, 6.07) is 5.08. The smallest absolute Gasteiger partial charge is 0.256 e. The lowest BCUT2D eigenvalue weighted by Gasteiger charge is -2.41. The number of likely N-dealkylation sites (tertiary alicyclic amines) is 1. The van der Waals surface area contributed by atoms with Gasteiger partial charge in [0, 0.05) is 50.8 Å². The average Bonchev–Trinajstić information content (AvgIpc) is 3.36. The maximum atomic E-state index is 14.5. The summed E-state index contributed by atoms with van der Waals surface area (Å²) in [7, 11) is 0. The monoisotopic (exact) mass is 589 g/mol. The second-order valence-electron chi connectivity index (χ2n) is 13.6. The Labute approximate surface area is 253 Å². The molecule has 1 aromatic carbocycles. The SMILES string of the molecule is CCN(C(=O)c1cc(F)ccc1N1CCN([C@@H]2CCN(C(=O)[C@H]3NC4C[C@@H]3C[C@H]4CC3CC3)C2)c2ncncc21)C(C)C. The Morgan fingerprint density at radius 3 is 2.67 bits per heavy atom. The number of hydrogen-bond donors (Lipinski definition) is 1. The number of benzene rings is 1. The summed E-state index contributed by atoms with van der Waals surface area (Å²) in [5.74, 6) is 2.60. The first-order valence-electron chi connectivity index (χ1n) is 16.3. The van der Waals surface area contributed by atoms with Gasteiger partial charge in [-0.05, 0) is 82.4 Å². The minimum atomic E-state index is -0.436. The van der Waals surface area contributed by atoms with E-state index in [1.54, 1.807) is 23.5 Å². The maximum absolute atomic E-state index is 14.5. The minimum Gasteiger partial charge on any atom is -0.348 e. The van der Waals surface area contributed by atoms with Gasteiger partial charge in [-0.2, -0.15) is 0 Å². The van der Waals surface area contributed by atoms with Crippen LogP contribution in [0.5, 0.6) is 0 Å². The molecule has 0 radical (unpaired) electrons. The molecule has 230 valence electrons. The number of halogens is 1. The van der Waals surface area contributed by atoms with Crippen LogP contribution in [0, 0.1) is 23.6 Å². The quantitative estimate of drug-likeness (QED) is 0.494. The molecule has 5 atom stereocenters. The highest BCUT2D eigenvalue weighted by molar-refractivity contribution is 6.01. The van der Waals surface area contributed by atoms with Crippen molar-refractivity contribution in [1.29, 1.82) is 0 Å². The molecule has 43 heavy (non-hydrogen) atoms. The lowest BCUT2D eigenvalue weighted by molar-refractivity contribution is -0.133. The molecule has 1 N–H and O–H groups in total. The van der Waals surface area contributed by atoms with Crippen LogP contribution in [0.15, 0.2) is 30.7 Å². The molecule has 5 aliphatic rings. The molecule has 2 saturated carbocycles. The third-order valence-electron chi connectivity index (χ3n) is 10.6. The maximum Gasteiger partial charge on any atom is 0.256 e. The fraction of sp³-hybridized carbons (Fsp3) is 0.636. The van der Waals surface area contributed by atoms with E-state index in [1.165, 1.54) is 37.8 Å². The van der Waals surface area contributed by atoms with Crippen LogP contribution in [-0.2, 0) is 4.79 Å². The predicted molar refractivity (Wildman–Crippen MR) is 164 cm³/mol. The van der Waals surface area contributed by atoms with Crippen molar-refractivity contribution >= 4 is 29.0 Å². The summed E-state index contributed by atoms with van der Waals surface area (Å²) in [4.78, 5) is 44.5. The van der Waals surface area contributed by atoms with Crippen LogP contribution < -0.4 is 15.1 Å². The summed E-state index contributed by atoms with van der Waals surface area (Å²) in [6.07, 6.45) is 10.7. The van der Waals surface area contributed by atoms with E-state index in [1.807, 2.05) is 25.7 Å². The standard InChI is InChI=1S/C33H44FN7O2/c1-4-39(20(2)3)32(42)26-16-24(34)7-8-28(26)41-12-11-40(31-29(41)17-35-19-36-31)25-9-10-38(18-25)33(43)30-23-14-22(13-21-5-6-21)27(15-23)37-30/h7-8,16-17,19-23,25,27,30,37H,4-6,9-15,18H2,1-3H3/t22-,23+,25-,27?,30+/m1/s1. The normalized spacial score (nSPS) is 28.1. The summed E-state index contributed by atoms with van der Waals surface area (Å²) < 4.78 is 14.5. The van der Waals surface area contributed by atoms with Crippen LogP contribution in [0.25, 0.3) is 0 Å². The Hall–Kier alpha value is -3.27. The molecule has 2 aliphatic carbocycles. The summed E-state index contributed by atoms with van der Waals surface area (Å²) in [5.41, 5.74) is 1.80. The average molecular weight is 590 g/mol. The number of hydrogen-bond acceptors (Lipinski definition) is 7. The number of amides is 2. The topological polar surface area (TPSA) is 84.9 Å². The van der Waals surface area contributed by atoms with Crippen molar-refractivity contribution in [2.75, 3.05) is 42.5 Å². The van der Waals surface area contributed by atoms with Gasteiger partial charge in [0.25, 0.3) is 5.91 Å². The Morgan fingerprint density at radius 2 is 1.95 bits per heavy atom. The second kappa shape index (κ2) is 11.3. The largest absolute Gasteiger partial charge is 0.348 e. The summed E-state index contributed by atoms with van der Waals surface area (Å²) in [5, 5.41) is 3.73. The number of piperidine rings is 1. The van der Waals surface area contributed by atoms with E-state index in [9.17, 15) is 14.0 Å². The fourth-order valence-corrected chi connectivity index (χ4v) is 8.30. The van der Waals surface area contributed by atoms with Crippen molar-refractivity contribution in [3.8, 4) is 0 Å². The van der Waals surface area contributed by atoms with Crippen LogP contribution in [0.1, 0.15) is 69.7 Å². The molecule has 10 heteroatoms. The van der Waals surface area contributed by atoms with Crippen molar-refractivity contribution in [3.05, 3.63) is 42.1 Å². The first kappa shape index (κ1) is 28.5. The molecule has 7 rings (SSSR count). The molecule has 4 heterocycles. The molecule has 0 spiro atoms. The molecule has 4 fully saturated rings. The third kappa shape index (κ3) is 5.25. The molecule has 9 nitrogen and oxygen atoms in total. The Bertz CT molecular complexity index is 1380. The van der Waals surface area contributed by atoms with Crippen LogP contribution in [0.4, 0.5) is 21.6 Å². The van der Waals surface area contributed by atoms with Crippen LogP contribution >= 0.6 is 0 Å². The highest BCUT2D eigenvalue weighted by Crippen LogP contribution is 2.47. The molecular formula is C33H44FN7O2. The number of aromatic nitrogens is 2. The van der Waals surface area contributed by atoms with Crippen molar-refractivity contribution in [2.24, 2.45) is 17.8 Å². The zero-order valence-electron chi connectivity index (χ0n) is 25.6. The van der Waals surface area contributed by atoms with Gasteiger partial charge in [-0.3, -0.25) is 9.59 Å². The second-order valence-corrected chi connectivity index (χ2v) is 13.6. The lowest BCUT2D eigenvalue weighted by Crippen LogP contribution is -2.52. The first-order chi connectivity index (χ1) is 20.8. The molecule has 3 aliphatic heterocycles. The van der Waals surface area contributed by atoms with Crippen molar-refractivity contribution in [2.45, 2.75) is 83.5 Å². The Kier molecular flexibility index (Phi) is 7.51. The van der Waals surface area contributed by atoms with Gasteiger partial charge in [-0.15, -0.1) is 0 Å². The molecule has 1 aromatic heterocycles. The number of nitrogens with one attached hydrogen (secondary N) is 1. The van der Waals surface area contributed by atoms with Gasteiger partial charge in [-0.1, -0.05) is 12.8 Å². The van der Waals surface area contributed by atoms with E-state index >= 15 is 0 Å². The molecule has 2 aromatic rings. The van der Waals surface area contributed by atoms with Gasteiger partial charge in [0.1, 0.15) is 17.8 Å². The zero-order valence-corrected chi connectivity index (χ0v) is 25.6. The number of fused-ring (bicyclic) bond motifs is 3. The van der Waals surface area contributed by atoms with E-state index < -0.39 is 5.82 Å². The number of nitrogens with zero attached hydrogens (tertiary/aromatic N) is 6. The number of carbonyl (C=O) groups is 2. The van der Waals surface area contributed by atoms with Crippen molar-refractivity contribution in [1.82, 2.24) is 25.1 Å². The van der Waals surface area contributed by atoms with Crippen LogP contribution in [-0.4, -0.2) is 88.5 Å². The van der Waals surface area contributed by atoms with Crippen molar-refractivity contribution in [3.63, 3.8) is 0 Å². The van der Waals surface area contributed by atoms with E-state index in [4.69, 9.17) is 4.98 Å². The summed E-state index contributed by atoms with van der Waals surface area (Å²) >= 11 is 0. The number of rotatable bonds is 8. The van der Waals surface area contributed by atoms with Crippen LogP contribution in [0.3, 0.4) is 0 Å². The van der Waals surface area contributed by atoms with E-state index in [0.717, 1.165) is 42.7 Å². The van der Waals surface area contributed by atoms with Gasteiger partial charge in [0.05, 0.1) is 23.5 Å². The van der Waals surface area contributed by atoms with Crippen LogP contribution in [0.2, 0.25) is 0 Å². The van der Waals surface area contributed by atoms with Gasteiger partial charge in [0.15, 0.2) is 5.82 Å². The van der Waals surface area contributed by atoms with Gasteiger partial charge in [0.2, 0.25) is 5.91 Å². The predicted octanol–water partition coefficient (Wildman–Crippen LogP) is 4.21. The molecule has 2 bridgehead atoms. The first-order valence-corrected chi connectivity index (χ1v) is 16.3. The third-order valence-corrected chi connectivity index (χ3v) is 10.6.